The molecule has 0 bridgehead atoms. The minimum Gasteiger partial charge on any atom is -0.293 e. The Bertz CT molecular complexity index is 432. The van der Waals surface area contributed by atoms with Crippen LogP contribution in [0.1, 0.15) is 12.0 Å². The second-order valence-electron chi connectivity index (χ2n) is 3.30. The third-order valence-corrected chi connectivity index (χ3v) is 2.34. The highest BCUT2D eigenvalue weighted by molar-refractivity contribution is 5.86. The van der Waals surface area contributed by atoms with Crippen LogP contribution in [0.3, 0.4) is 0 Å². The van der Waals surface area contributed by atoms with Gasteiger partial charge in [0.05, 0.1) is 4.92 Å². The summed E-state index contributed by atoms with van der Waals surface area (Å²) >= 11 is 0. The molecule has 1 heterocycles. The highest BCUT2D eigenvalue weighted by Crippen LogP contribution is 2.22. The van der Waals surface area contributed by atoms with Crippen molar-refractivity contribution < 1.29 is 4.92 Å². The molecule has 76 valence electrons. The van der Waals surface area contributed by atoms with E-state index >= 15 is 0 Å². The standard InChI is InChI=1S/C11H10N2O2/c14-13(15)11-3-1-9(2-4-11)10-5-7-12-8-6-10/h1-5,7H,6,8H2. The van der Waals surface area contributed by atoms with E-state index in [2.05, 4.69) is 4.99 Å². The predicted octanol–water partition coefficient (Wildman–Crippen LogP) is 2.45. The number of aliphatic imine (C=N–C) groups is 1. The fourth-order valence-electron chi connectivity index (χ4n) is 1.52. The maximum atomic E-state index is 10.5. The van der Waals surface area contributed by atoms with E-state index in [4.69, 9.17) is 0 Å². The van der Waals surface area contributed by atoms with Crippen molar-refractivity contribution >= 4 is 17.5 Å². The number of nitro benzene ring substituents is 1. The Kier molecular flexibility index (Phi) is 2.58. The SMILES string of the molecule is O=[N+]([O-])c1ccc(C2=CC=NCC2)cc1. The number of rotatable bonds is 2. The number of nitrogens with zero attached hydrogens (tertiary/aromatic N) is 2. The fourth-order valence-corrected chi connectivity index (χ4v) is 1.52. The second kappa shape index (κ2) is 4.04. The van der Waals surface area contributed by atoms with Crippen molar-refractivity contribution in [3.63, 3.8) is 0 Å². The maximum absolute atomic E-state index is 10.5. The Balaban J connectivity index is 2.27. The van der Waals surface area contributed by atoms with Crippen LogP contribution >= 0.6 is 0 Å². The zero-order valence-electron chi connectivity index (χ0n) is 8.09. The number of dihydropyridines is 1. The van der Waals surface area contributed by atoms with Gasteiger partial charge >= 0.3 is 0 Å². The van der Waals surface area contributed by atoms with Gasteiger partial charge in [0, 0.05) is 24.9 Å². The van der Waals surface area contributed by atoms with E-state index in [9.17, 15) is 10.1 Å². The van der Waals surface area contributed by atoms with Crippen molar-refractivity contribution in [3.8, 4) is 0 Å². The van der Waals surface area contributed by atoms with E-state index in [0.717, 1.165) is 18.5 Å². The summed E-state index contributed by atoms with van der Waals surface area (Å²) in [5.41, 5.74) is 2.34. The Labute approximate surface area is 87.1 Å². The van der Waals surface area contributed by atoms with Crippen molar-refractivity contribution in [3.05, 3.63) is 46.0 Å². The van der Waals surface area contributed by atoms with Crippen molar-refractivity contribution in [2.45, 2.75) is 6.42 Å². The molecule has 1 aliphatic rings. The van der Waals surface area contributed by atoms with Crippen molar-refractivity contribution in [2.75, 3.05) is 6.54 Å². The maximum Gasteiger partial charge on any atom is 0.269 e. The monoisotopic (exact) mass is 202 g/mol. The molecule has 4 nitrogen and oxygen atoms in total. The number of allylic oxidation sites excluding steroid dienone is 1. The third kappa shape index (κ3) is 2.10. The lowest BCUT2D eigenvalue weighted by atomic mass is 10.0. The molecule has 4 heteroatoms. The molecule has 1 aromatic rings. The molecule has 0 spiro atoms. The molecular weight excluding hydrogens is 192 g/mol. The smallest absolute Gasteiger partial charge is 0.269 e. The molecule has 0 N–H and O–H groups in total. The highest BCUT2D eigenvalue weighted by Gasteiger charge is 2.07. The summed E-state index contributed by atoms with van der Waals surface area (Å²) in [6.07, 6.45) is 4.62. The summed E-state index contributed by atoms with van der Waals surface area (Å²) in [5, 5.41) is 10.5. The minimum atomic E-state index is -0.388. The molecule has 0 saturated carbocycles. The lowest BCUT2D eigenvalue weighted by Crippen LogP contribution is -1.95. The first-order valence-electron chi connectivity index (χ1n) is 4.71. The van der Waals surface area contributed by atoms with Gasteiger partial charge in [-0.3, -0.25) is 15.1 Å². The van der Waals surface area contributed by atoms with Gasteiger partial charge < -0.3 is 0 Å². The molecule has 15 heavy (non-hydrogen) atoms. The van der Waals surface area contributed by atoms with Crippen molar-refractivity contribution in [1.29, 1.82) is 0 Å². The average molecular weight is 202 g/mol. The molecule has 2 rings (SSSR count). The van der Waals surface area contributed by atoms with Crippen LogP contribution in [0.4, 0.5) is 5.69 Å². The lowest BCUT2D eigenvalue weighted by molar-refractivity contribution is -0.384. The van der Waals surface area contributed by atoms with Crippen LogP contribution in [0.2, 0.25) is 0 Å². The summed E-state index contributed by atoms with van der Waals surface area (Å²) in [4.78, 5) is 14.2. The number of non-ortho nitro benzene ring substituents is 1. The van der Waals surface area contributed by atoms with E-state index in [-0.39, 0.29) is 10.6 Å². The lowest BCUT2D eigenvalue weighted by Gasteiger charge is -2.08. The van der Waals surface area contributed by atoms with Gasteiger partial charge in [0.1, 0.15) is 0 Å². The average Bonchev–Trinajstić information content (AvgIpc) is 2.30. The van der Waals surface area contributed by atoms with Gasteiger partial charge in [-0.1, -0.05) is 0 Å². The van der Waals surface area contributed by atoms with E-state index in [1.165, 1.54) is 17.7 Å². The summed E-state index contributed by atoms with van der Waals surface area (Å²) in [7, 11) is 0. The zero-order valence-corrected chi connectivity index (χ0v) is 8.09. The molecule has 0 aliphatic carbocycles. The summed E-state index contributed by atoms with van der Waals surface area (Å²) in [5.74, 6) is 0. The Hall–Kier alpha value is -1.97. The van der Waals surface area contributed by atoms with E-state index in [0.29, 0.717) is 0 Å². The van der Waals surface area contributed by atoms with Crippen molar-refractivity contribution in [1.82, 2.24) is 0 Å². The van der Waals surface area contributed by atoms with Gasteiger partial charge in [0.25, 0.3) is 5.69 Å². The molecule has 0 aromatic heterocycles. The molecule has 0 radical (unpaired) electrons. The number of benzene rings is 1. The van der Waals surface area contributed by atoms with Crippen LogP contribution in [-0.4, -0.2) is 17.7 Å². The number of hydrogen-bond acceptors (Lipinski definition) is 3. The van der Waals surface area contributed by atoms with Gasteiger partial charge in [0.15, 0.2) is 0 Å². The molecular formula is C11H10N2O2. The quantitative estimate of drug-likeness (QED) is 0.546. The van der Waals surface area contributed by atoms with Gasteiger partial charge in [0.2, 0.25) is 0 Å². The molecule has 0 unspecified atom stereocenters. The van der Waals surface area contributed by atoms with E-state index in [1.807, 2.05) is 6.08 Å². The Morgan fingerprint density at radius 3 is 2.53 bits per heavy atom. The second-order valence-corrected chi connectivity index (χ2v) is 3.30. The van der Waals surface area contributed by atoms with Crippen LogP contribution < -0.4 is 0 Å². The molecule has 0 atom stereocenters. The van der Waals surface area contributed by atoms with Gasteiger partial charge in [-0.2, -0.15) is 0 Å². The first kappa shape index (κ1) is 9.58. The van der Waals surface area contributed by atoms with Crippen LogP contribution in [0, 0.1) is 10.1 Å². The van der Waals surface area contributed by atoms with E-state index in [1.54, 1.807) is 18.3 Å². The predicted molar refractivity (Wildman–Crippen MR) is 59.0 cm³/mol. The highest BCUT2D eigenvalue weighted by atomic mass is 16.6. The Morgan fingerprint density at radius 1 is 1.27 bits per heavy atom. The first-order valence-corrected chi connectivity index (χ1v) is 4.71. The van der Waals surface area contributed by atoms with Crippen LogP contribution in [-0.2, 0) is 0 Å². The summed E-state index contributed by atoms with van der Waals surface area (Å²) in [6.45, 7) is 0.794. The topological polar surface area (TPSA) is 55.5 Å². The van der Waals surface area contributed by atoms with Crippen LogP contribution in [0.5, 0.6) is 0 Å². The third-order valence-electron chi connectivity index (χ3n) is 2.34. The van der Waals surface area contributed by atoms with Crippen LogP contribution in [0.25, 0.3) is 5.57 Å². The molecule has 1 aromatic carbocycles. The molecule has 0 saturated heterocycles. The number of nitro groups is 1. The summed E-state index contributed by atoms with van der Waals surface area (Å²) < 4.78 is 0. The first-order chi connectivity index (χ1) is 7.27. The molecule has 1 aliphatic heterocycles. The molecule has 0 fully saturated rings. The largest absolute Gasteiger partial charge is 0.293 e. The van der Waals surface area contributed by atoms with Gasteiger partial charge in [-0.15, -0.1) is 0 Å². The molecule has 0 amide bonds. The fraction of sp³-hybridized carbons (Fsp3) is 0.182. The Morgan fingerprint density at radius 2 is 2.00 bits per heavy atom. The summed E-state index contributed by atoms with van der Waals surface area (Å²) in [6, 6.07) is 6.62. The minimum absolute atomic E-state index is 0.129. The normalized spacial score (nSPS) is 14.8. The van der Waals surface area contributed by atoms with Crippen LogP contribution in [0.15, 0.2) is 35.3 Å². The van der Waals surface area contributed by atoms with Gasteiger partial charge in [-0.25, -0.2) is 0 Å². The van der Waals surface area contributed by atoms with Gasteiger partial charge in [-0.05, 0) is 35.8 Å². The zero-order chi connectivity index (χ0) is 10.7. The van der Waals surface area contributed by atoms with Crippen molar-refractivity contribution in [2.24, 2.45) is 4.99 Å². The van der Waals surface area contributed by atoms with E-state index < -0.39 is 0 Å². The number of hydrogen-bond donors (Lipinski definition) is 0.